The minimum Gasteiger partial charge on any atom is -0.480 e. The zero-order valence-corrected chi connectivity index (χ0v) is 21.9. The molecule has 1 aliphatic heterocycles. The van der Waals surface area contributed by atoms with Crippen LogP contribution in [0.4, 0.5) is 5.69 Å². The molecule has 3 rings (SSSR count). The predicted molar refractivity (Wildman–Crippen MR) is 142 cm³/mol. The molecule has 0 aromatic heterocycles. The third-order valence-electron chi connectivity index (χ3n) is 5.85. The number of fused-ring (bicyclic) bond motifs is 1. The standard InChI is InChI=1S/C26H30N2O6S2/c1-4-28-21-7-5-6-8-22(21)35-23(28)12-11-20-15-19(10-9-18(2)3)16-26(17-20,25(30)31)24(29)27-13-14-36(32,33)34/h5-12,15H,2,4,13-14,16-17H2,1,3H3,(H,27,29)(H,30,31)(H,32,33,34)/b10-9+,20-11-,23-12-. The second-order valence-corrected chi connectivity index (χ2v) is 11.4. The first-order valence-electron chi connectivity index (χ1n) is 11.4. The summed E-state index contributed by atoms with van der Waals surface area (Å²) in [5.74, 6) is -2.81. The Morgan fingerprint density at radius 1 is 1.25 bits per heavy atom. The topological polar surface area (TPSA) is 124 Å². The van der Waals surface area contributed by atoms with Crippen molar-refractivity contribution in [1.82, 2.24) is 5.32 Å². The van der Waals surface area contributed by atoms with Gasteiger partial charge in [0.05, 0.1) is 16.5 Å². The summed E-state index contributed by atoms with van der Waals surface area (Å²) in [6.07, 6.45) is 8.97. The monoisotopic (exact) mass is 530 g/mol. The van der Waals surface area contributed by atoms with E-state index in [1.807, 2.05) is 49.4 Å². The summed E-state index contributed by atoms with van der Waals surface area (Å²) < 4.78 is 31.0. The van der Waals surface area contributed by atoms with E-state index in [4.69, 9.17) is 4.55 Å². The first-order chi connectivity index (χ1) is 16.9. The van der Waals surface area contributed by atoms with Crippen LogP contribution in [0, 0.1) is 5.41 Å². The van der Waals surface area contributed by atoms with E-state index >= 15 is 0 Å². The number of hydrogen-bond donors (Lipinski definition) is 3. The van der Waals surface area contributed by atoms with Crippen molar-refractivity contribution in [3.05, 3.63) is 83.0 Å². The predicted octanol–water partition coefficient (Wildman–Crippen LogP) is 4.31. The number of nitrogens with zero attached hydrogens (tertiary/aromatic N) is 1. The number of carbonyl (C=O) groups is 2. The summed E-state index contributed by atoms with van der Waals surface area (Å²) >= 11 is 1.62. The van der Waals surface area contributed by atoms with Crippen LogP contribution >= 0.6 is 11.8 Å². The number of rotatable bonds is 9. The largest absolute Gasteiger partial charge is 0.480 e. The minimum atomic E-state index is -4.30. The number of carboxylic acid groups (broad SMARTS) is 1. The molecule has 0 saturated carbocycles. The molecule has 2 aliphatic rings. The molecule has 1 amide bonds. The molecule has 3 N–H and O–H groups in total. The number of carbonyl (C=O) groups excluding carboxylic acids is 1. The third-order valence-corrected chi connectivity index (χ3v) is 7.70. The Hall–Kier alpha value is -3.08. The normalized spacial score (nSPS) is 22.1. The number of allylic oxidation sites excluding steroid dienone is 8. The molecule has 1 aromatic rings. The molecule has 0 bridgehead atoms. The highest BCUT2D eigenvalue weighted by atomic mass is 32.2. The van der Waals surface area contributed by atoms with Crippen molar-refractivity contribution in [2.45, 2.75) is 31.6 Å². The zero-order chi connectivity index (χ0) is 26.5. The highest BCUT2D eigenvalue weighted by molar-refractivity contribution is 8.03. The molecular weight excluding hydrogens is 500 g/mol. The fraction of sp³-hybridized carbons (Fsp3) is 0.308. The average molecular weight is 531 g/mol. The van der Waals surface area contributed by atoms with Crippen LogP contribution in [0.1, 0.15) is 26.7 Å². The van der Waals surface area contributed by atoms with E-state index in [1.54, 1.807) is 23.9 Å². The van der Waals surface area contributed by atoms with Gasteiger partial charge in [-0.3, -0.25) is 14.1 Å². The van der Waals surface area contributed by atoms with Gasteiger partial charge in [-0.05, 0) is 56.0 Å². The van der Waals surface area contributed by atoms with Gasteiger partial charge in [0, 0.05) is 18.0 Å². The van der Waals surface area contributed by atoms with Crippen molar-refractivity contribution in [2.75, 3.05) is 23.7 Å². The van der Waals surface area contributed by atoms with E-state index in [0.29, 0.717) is 11.1 Å². The molecule has 1 unspecified atom stereocenters. The lowest BCUT2D eigenvalue weighted by Gasteiger charge is -2.32. The van der Waals surface area contributed by atoms with E-state index in [9.17, 15) is 23.1 Å². The fourth-order valence-corrected chi connectivity index (χ4v) is 5.60. The minimum absolute atomic E-state index is 0.0704. The second-order valence-electron chi connectivity index (χ2n) is 8.74. The van der Waals surface area contributed by atoms with Crippen LogP contribution in [0.3, 0.4) is 0 Å². The highest BCUT2D eigenvalue weighted by Gasteiger charge is 2.48. The van der Waals surface area contributed by atoms with Gasteiger partial charge in [0.15, 0.2) is 5.41 Å². The number of nitrogens with one attached hydrogen (secondary N) is 1. The summed E-state index contributed by atoms with van der Waals surface area (Å²) in [5, 5.41) is 13.5. The molecule has 1 aliphatic carbocycles. The molecule has 0 saturated heterocycles. The lowest BCUT2D eigenvalue weighted by molar-refractivity contribution is -0.156. The maximum Gasteiger partial charge on any atom is 0.319 e. The summed E-state index contributed by atoms with van der Waals surface area (Å²) in [6, 6.07) is 8.06. The van der Waals surface area contributed by atoms with Gasteiger partial charge in [-0.15, -0.1) is 0 Å². The van der Waals surface area contributed by atoms with E-state index in [1.165, 1.54) is 0 Å². The van der Waals surface area contributed by atoms with Crippen molar-refractivity contribution in [3.8, 4) is 0 Å². The van der Waals surface area contributed by atoms with Crippen LogP contribution in [-0.4, -0.2) is 48.8 Å². The molecule has 0 spiro atoms. The van der Waals surface area contributed by atoms with Crippen LogP contribution in [0.15, 0.2) is 87.9 Å². The number of hydrogen-bond acceptors (Lipinski definition) is 6. The summed E-state index contributed by atoms with van der Waals surface area (Å²) in [5.41, 5.74) is 1.33. The summed E-state index contributed by atoms with van der Waals surface area (Å²) in [6.45, 7) is 8.06. The van der Waals surface area contributed by atoms with Gasteiger partial charge < -0.3 is 15.3 Å². The quantitative estimate of drug-likeness (QED) is 0.245. The Labute approximate surface area is 215 Å². The van der Waals surface area contributed by atoms with Crippen LogP contribution in [0.5, 0.6) is 0 Å². The molecular formula is C26H30N2O6S2. The average Bonchev–Trinajstić information content (AvgIpc) is 3.17. The Balaban J connectivity index is 1.96. The van der Waals surface area contributed by atoms with Gasteiger partial charge in [-0.2, -0.15) is 8.42 Å². The number of aliphatic carboxylic acids is 1. The van der Waals surface area contributed by atoms with Gasteiger partial charge in [0.2, 0.25) is 5.91 Å². The molecule has 192 valence electrons. The SMILES string of the molecule is C=C(C)/C=C/C1=CC(=C/C=C2\Sc3ccccc3N2CC)/CC(C(=O)O)(C(=O)NCCS(=O)(=O)O)C1. The zero-order valence-electron chi connectivity index (χ0n) is 20.2. The van der Waals surface area contributed by atoms with Crippen LogP contribution in [-0.2, 0) is 19.7 Å². The molecule has 0 fully saturated rings. The molecule has 0 radical (unpaired) electrons. The molecule has 1 aromatic carbocycles. The van der Waals surface area contributed by atoms with Gasteiger partial charge in [0.1, 0.15) is 0 Å². The van der Waals surface area contributed by atoms with E-state index in [2.05, 4.69) is 23.7 Å². The Morgan fingerprint density at radius 3 is 2.61 bits per heavy atom. The number of amides is 1. The molecule has 36 heavy (non-hydrogen) atoms. The summed E-state index contributed by atoms with van der Waals surface area (Å²) in [4.78, 5) is 28.8. The number of para-hydroxylation sites is 1. The number of carboxylic acids is 1. The molecule has 1 atom stereocenters. The second kappa shape index (κ2) is 11.3. The third kappa shape index (κ3) is 6.57. The van der Waals surface area contributed by atoms with Crippen LogP contribution in [0.2, 0.25) is 0 Å². The van der Waals surface area contributed by atoms with Crippen LogP contribution < -0.4 is 10.2 Å². The van der Waals surface area contributed by atoms with Gasteiger partial charge >= 0.3 is 5.97 Å². The molecule has 8 nitrogen and oxygen atoms in total. The Kier molecular flexibility index (Phi) is 8.65. The first-order valence-corrected chi connectivity index (χ1v) is 13.8. The van der Waals surface area contributed by atoms with Crippen molar-refractivity contribution in [2.24, 2.45) is 5.41 Å². The van der Waals surface area contributed by atoms with Crippen molar-refractivity contribution < 1.29 is 27.7 Å². The van der Waals surface area contributed by atoms with Crippen molar-refractivity contribution >= 4 is 39.4 Å². The maximum atomic E-state index is 13.1. The van der Waals surface area contributed by atoms with Gasteiger partial charge in [-0.1, -0.05) is 60.4 Å². The van der Waals surface area contributed by atoms with Crippen molar-refractivity contribution in [3.63, 3.8) is 0 Å². The lowest BCUT2D eigenvalue weighted by atomic mass is 9.71. The lowest BCUT2D eigenvalue weighted by Crippen LogP contribution is -2.49. The van der Waals surface area contributed by atoms with E-state index < -0.39 is 39.7 Å². The fourth-order valence-electron chi connectivity index (χ4n) is 4.12. The summed E-state index contributed by atoms with van der Waals surface area (Å²) in [7, 11) is -4.30. The number of anilines is 1. The molecule has 1 heterocycles. The van der Waals surface area contributed by atoms with E-state index in [-0.39, 0.29) is 12.8 Å². The first kappa shape index (κ1) is 27.5. The van der Waals surface area contributed by atoms with Crippen LogP contribution in [0.25, 0.3) is 0 Å². The number of benzene rings is 1. The smallest absolute Gasteiger partial charge is 0.319 e. The van der Waals surface area contributed by atoms with Gasteiger partial charge in [-0.25, -0.2) is 0 Å². The van der Waals surface area contributed by atoms with Crippen molar-refractivity contribution in [1.29, 1.82) is 0 Å². The maximum absolute atomic E-state index is 13.1. The van der Waals surface area contributed by atoms with E-state index in [0.717, 1.165) is 27.7 Å². The Morgan fingerprint density at radius 2 is 1.97 bits per heavy atom. The highest BCUT2D eigenvalue weighted by Crippen LogP contribution is 2.46. The molecule has 10 heteroatoms. The number of thioether (sulfide) groups is 1. The van der Waals surface area contributed by atoms with Gasteiger partial charge in [0.25, 0.3) is 10.1 Å². The Bertz CT molecular complexity index is 1290.